The van der Waals surface area contributed by atoms with Crippen LogP contribution in [-0.2, 0) is 13.6 Å². The highest BCUT2D eigenvalue weighted by Crippen LogP contribution is 2.22. The van der Waals surface area contributed by atoms with E-state index in [1.165, 1.54) is 0 Å². The molecule has 15 heavy (non-hydrogen) atoms. The lowest BCUT2D eigenvalue weighted by Gasteiger charge is -2.15. The van der Waals surface area contributed by atoms with Gasteiger partial charge >= 0.3 is 0 Å². The second kappa shape index (κ2) is 3.89. The molecule has 0 aliphatic carbocycles. The molecule has 5 heteroatoms. The summed E-state index contributed by atoms with van der Waals surface area (Å²) in [4.78, 5) is 4.52. The molecule has 1 aromatic heterocycles. The van der Waals surface area contributed by atoms with Crippen molar-refractivity contribution in [3.63, 3.8) is 0 Å². The molecule has 1 N–H and O–H groups in total. The number of amidine groups is 1. The molecule has 1 aromatic rings. The number of nitrogens with zero attached hydrogens (tertiary/aromatic N) is 3. The molecular formula is C10H16N4S. The molecule has 0 bridgehead atoms. The number of aryl methyl sites for hydroxylation is 1. The van der Waals surface area contributed by atoms with Crippen molar-refractivity contribution in [2.45, 2.75) is 25.9 Å². The third-order valence-corrected chi connectivity index (χ3v) is 3.55. The minimum Gasteiger partial charge on any atom is -0.359 e. The maximum absolute atomic E-state index is 4.52. The van der Waals surface area contributed by atoms with Gasteiger partial charge in [0, 0.05) is 30.1 Å². The summed E-state index contributed by atoms with van der Waals surface area (Å²) in [6.45, 7) is 5.08. The van der Waals surface area contributed by atoms with Crippen LogP contribution in [0.2, 0.25) is 0 Å². The minimum absolute atomic E-state index is 0.179. The molecule has 1 aliphatic rings. The van der Waals surface area contributed by atoms with Crippen molar-refractivity contribution in [3.8, 4) is 0 Å². The summed E-state index contributed by atoms with van der Waals surface area (Å²) in [5, 5.41) is 8.55. The number of aromatic nitrogens is 2. The highest BCUT2D eigenvalue weighted by atomic mass is 32.2. The molecule has 82 valence electrons. The van der Waals surface area contributed by atoms with Crippen LogP contribution >= 0.6 is 11.8 Å². The van der Waals surface area contributed by atoms with E-state index in [9.17, 15) is 0 Å². The van der Waals surface area contributed by atoms with E-state index in [4.69, 9.17) is 0 Å². The summed E-state index contributed by atoms with van der Waals surface area (Å²) in [6.07, 6.45) is 3.85. The maximum atomic E-state index is 4.52. The van der Waals surface area contributed by atoms with E-state index in [1.807, 2.05) is 19.4 Å². The van der Waals surface area contributed by atoms with Gasteiger partial charge in [-0.05, 0) is 13.8 Å². The fourth-order valence-corrected chi connectivity index (χ4v) is 2.49. The smallest absolute Gasteiger partial charge is 0.157 e. The van der Waals surface area contributed by atoms with Gasteiger partial charge in [-0.25, -0.2) is 0 Å². The monoisotopic (exact) mass is 224 g/mol. The highest BCUT2D eigenvalue weighted by molar-refractivity contribution is 8.14. The average Bonchev–Trinajstić information content (AvgIpc) is 2.69. The fraction of sp³-hybridized carbons (Fsp3) is 0.600. The lowest BCUT2D eigenvalue weighted by Crippen LogP contribution is -2.36. The van der Waals surface area contributed by atoms with Gasteiger partial charge < -0.3 is 5.32 Å². The zero-order valence-corrected chi connectivity index (χ0v) is 10.1. The molecule has 2 heterocycles. The summed E-state index contributed by atoms with van der Waals surface area (Å²) in [7, 11) is 1.92. The van der Waals surface area contributed by atoms with Crippen molar-refractivity contribution in [3.05, 3.63) is 18.0 Å². The van der Waals surface area contributed by atoms with E-state index >= 15 is 0 Å². The standard InChI is InChI=1S/C10H16N4S/c1-10(2)7-15-9(13-10)11-4-8-5-12-14(3)6-8/h5-6H,4,7H2,1-3H3,(H,11,13). The molecule has 0 aromatic carbocycles. The van der Waals surface area contributed by atoms with Crippen molar-refractivity contribution < 1.29 is 0 Å². The first-order valence-electron chi connectivity index (χ1n) is 4.98. The number of nitrogens with one attached hydrogen (secondary N) is 1. The van der Waals surface area contributed by atoms with Crippen molar-refractivity contribution in [2.24, 2.45) is 12.0 Å². The highest BCUT2D eigenvalue weighted by Gasteiger charge is 2.26. The van der Waals surface area contributed by atoms with E-state index in [-0.39, 0.29) is 5.54 Å². The minimum atomic E-state index is 0.179. The summed E-state index contributed by atoms with van der Waals surface area (Å²) < 4.78 is 1.80. The van der Waals surface area contributed by atoms with Crippen LogP contribution < -0.4 is 5.32 Å². The second-order valence-electron chi connectivity index (χ2n) is 4.44. The number of hydrogen-bond donors (Lipinski definition) is 1. The van der Waals surface area contributed by atoms with Crippen LogP contribution in [0, 0.1) is 0 Å². The van der Waals surface area contributed by atoms with E-state index in [1.54, 1.807) is 16.4 Å². The molecule has 0 atom stereocenters. The topological polar surface area (TPSA) is 42.2 Å². The molecule has 0 amide bonds. The van der Waals surface area contributed by atoms with Gasteiger partial charge in [0.1, 0.15) is 0 Å². The Balaban J connectivity index is 1.95. The molecule has 4 nitrogen and oxygen atoms in total. The van der Waals surface area contributed by atoms with Crippen LogP contribution in [0.1, 0.15) is 19.4 Å². The summed E-state index contributed by atoms with van der Waals surface area (Å²) in [6, 6.07) is 0. The maximum Gasteiger partial charge on any atom is 0.157 e. The van der Waals surface area contributed by atoms with Crippen LogP contribution in [-0.4, -0.2) is 26.2 Å². The molecule has 2 rings (SSSR count). The lowest BCUT2D eigenvalue weighted by atomic mass is 10.1. The van der Waals surface area contributed by atoms with Crippen LogP contribution in [0.4, 0.5) is 0 Å². The van der Waals surface area contributed by atoms with Crippen LogP contribution in [0.3, 0.4) is 0 Å². The Bertz CT molecular complexity index is 381. The zero-order valence-electron chi connectivity index (χ0n) is 9.32. The first-order chi connectivity index (χ1) is 7.05. The number of rotatable bonds is 2. The fourth-order valence-electron chi connectivity index (χ4n) is 1.41. The average molecular weight is 224 g/mol. The van der Waals surface area contributed by atoms with Gasteiger partial charge in [0.15, 0.2) is 5.17 Å². The molecule has 1 aliphatic heterocycles. The molecule has 0 spiro atoms. The molecule has 0 saturated carbocycles. The predicted molar refractivity (Wildman–Crippen MR) is 64.0 cm³/mol. The quantitative estimate of drug-likeness (QED) is 0.825. The Morgan fingerprint density at radius 3 is 3.00 bits per heavy atom. The van der Waals surface area contributed by atoms with E-state index < -0.39 is 0 Å². The Morgan fingerprint density at radius 1 is 1.67 bits per heavy atom. The van der Waals surface area contributed by atoms with Gasteiger partial charge in [-0.15, -0.1) is 0 Å². The number of thioether (sulfide) groups is 1. The van der Waals surface area contributed by atoms with Gasteiger partial charge in [-0.3, -0.25) is 9.67 Å². The molecule has 0 radical (unpaired) electrons. The van der Waals surface area contributed by atoms with Gasteiger partial charge in [0.05, 0.1) is 12.7 Å². The van der Waals surface area contributed by atoms with E-state index in [2.05, 4.69) is 29.3 Å². The molecule has 1 saturated heterocycles. The summed E-state index contributed by atoms with van der Waals surface area (Å²) in [5.74, 6) is 1.08. The lowest BCUT2D eigenvalue weighted by molar-refractivity contribution is 0.536. The van der Waals surface area contributed by atoms with Gasteiger partial charge in [0.2, 0.25) is 0 Å². The zero-order chi connectivity index (χ0) is 10.9. The van der Waals surface area contributed by atoms with Crippen molar-refractivity contribution in [1.82, 2.24) is 15.1 Å². The third kappa shape index (κ3) is 2.75. The van der Waals surface area contributed by atoms with E-state index in [0.717, 1.165) is 16.5 Å². The molecular weight excluding hydrogens is 208 g/mol. The first kappa shape index (κ1) is 10.5. The van der Waals surface area contributed by atoms with Crippen LogP contribution in [0.15, 0.2) is 17.4 Å². The second-order valence-corrected chi connectivity index (χ2v) is 5.41. The third-order valence-electron chi connectivity index (χ3n) is 2.18. The van der Waals surface area contributed by atoms with Crippen molar-refractivity contribution >= 4 is 16.9 Å². The predicted octanol–water partition coefficient (Wildman–Crippen LogP) is 1.39. The van der Waals surface area contributed by atoms with Crippen molar-refractivity contribution in [1.29, 1.82) is 0 Å². The Hall–Kier alpha value is -0.970. The summed E-state index contributed by atoms with van der Waals surface area (Å²) in [5.41, 5.74) is 1.33. The van der Waals surface area contributed by atoms with Crippen molar-refractivity contribution in [2.75, 3.05) is 5.75 Å². The first-order valence-corrected chi connectivity index (χ1v) is 5.97. The number of aliphatic imine (C=N–C) groups is 1. The number of hydrogen-bond acceptors (Lipinski definition) is 3. The molecule has 0 unspecified atom stereocenters. The SMILES string of the molecule is Cn1cc(CN=C2NC(C)(C)CS2)cn1. The van der Waals surface area contributed by atoms with Gasteiger partial charge in [-0.1, -0.05) is 11.8 Å². The van der Waals surface area contributed by atoms with Crippen LogP contribution in [0.25, 0.3) is 0 Å². The van der Waals surface area contributed by atoms with Crippen LogP contribution in [0.5, 0.6) is 0 Å². The largest absolute Gasteiger partial charge is 0.359 e. The summed E-state index contributed by atoms with van der Waals surface area (Å²) >= 11 is 1.79. The Morgan fingerprint density at radius 2 is 2.47 bits per heavy atom. The van der Waals surface area contributed by atoms with Gasteiger partial charge in [0.25, 0.3) is 0 Å². The molecule has 1 fully saturated rings. The normalized spacial score (nSPS) is 21.9. The van der Waals surface area contributed by atoms with Gasteiger partial charge in [-0.2, -0.15) is 5.10 Å². The Labute approximate surface area is 94.2 Å². The Kier molecular flexibility index (Phi) is 2.73. The van der Waals surface area contributed by atoms with E-state index in [0.29, 0.717) is 6.54 Å².